The van der Waals surface area contributed by atoms with Gasteiger partial charge < -0.3 is 10.1 Å². The predicted octanol–water partition coefficient (Wildman–Crippen LogP) is 4.09. The maximum atomic E-state index is 12.9. The van der Waals surface area contributed by atoms with Gasteiger partial charge in [-0.05, 0) is 36.8 Å². The number of anilines is 2. The molecule has 2 aromatic carbocycles. The zero-order valence-corrected chi connectivity index (χ0v) is 17.3. The van der Waals surface area contributed by atoms with Gasteiger partial charge in [-0.3, -0.25) is 9.10 Å². The summed E-state index contributed by atoms with van der Waals surface area (Å²) in [6.45, 7) is 5.68. The lowest BCUT2D eigenvalue weighted by Crippen LogP contribution is -2.47. The zero-order chi connectivity index (χ0) is 20.7. The van der Waals surface area contributed by atoms with Gasteiger partial charge in [0.05, 0.1) is 11.9 Å². The summed E-state index contributed by atoms with van der Waals surface area (Å²) in [5, 5.41) is 3.15. The molecule has 2 rings (SSSR count). The lowest BCUT2D eigenvalue weighted by Gasteiger charge is -2.30. The highest BCUT2D eigenvalue weighted by Crippen LogP contribution is 2.26. The molecular weight excluding hydrogens is 400 g/mol. The number of benzene rings is 2. The molecule has 0 aliphatic rings. The molecule has 150 valence electrons. The molecular formula is C20H23ClN2O4S. The van der Waals surface area contributed by atoms with E-state index in [1.165, 1.54) is 6.07 Å². The second-order valence-electron chi connectivity index (χ2n) is 6.08. The third kappa shape index (κ3) is 5.74. The molecule has 0 aliphatic heterocycles. The van der Waals surface area contributed by atoms with Crippen LogP contribution in [0.25, 0.3) is 0 Å². The van der Waals surface area contributed by atoms with Crippen molar-refractivity contribution >= 4 is 38.9 Å². The summed E-state index contributed by atoms with van der Waals surface area (Å²) in [4.78, 5) is 12.9. The van der Waals surface area contributed by atoms with Crippen LogP contribution in [0.3, 0.4) is 0 Å². The molecule has 0 fully saturated rings. The average molecular weight is 423 g/mol. The Hall–Kier alpha value is -2.51. The maximum Gasteiger partial charge on any atom is 0.248 e. The largest absolute Gasteiger partial charge is 0.489 e. The molecule has 0 heterocycles. The molecule has 2 aromatic rings. The van der Waals surface area contributed by atoms with E-state index in [0.717, 1.165) is 10.6 Å². The Balaban J connectivity index is 2.31. The molecule has 1 atom stereocenters. The Morgan fingerprint density at radius 3 is 2.61 bits per heavy atom. The number of hydrogen-bond donors (Lipinski definition) is 1. The number of ether oxygens (including phenoxy) is 1. The molecule has 0 saturated carbocycles. The number of nitrogens with one attached hydrogen (secondary N) is 1. The van der Waals surface area contributed by atoms with Gasteiger partial charge in [0.2, 0.25) is 15.9 Å². The Morgan fingerprint density at radius 1 is 1.29 bits per heavy atom. The van der Waals surface area contributed by atoms with Gasteiger partial charge >= 0.3 is 0 Å². The highest BCUT2D eigenvalue weighted by atomic mass is 35.5. The van der Waals surface area contributed by atoms with Crippen LogP contribution in [0, 0.1) is 0 Å². The van der Waals surface area contributed by atoms with Crippen molar-refractivity contribution in [1.82, 2.24) is 0 Å². The standard InChI is InChI=1S/C20H23ClN2O4S/c1-4-12-27-18-11-7-9-16(14-18)22-20(24)19(5-2)23(28(3,25)26)17-10-6-8-15(21)13-17/h4,6-11,13-14,19H,1,5,12H2,2-3H3,(H,22,24)/t19-/m0/s1. The summed E-state index contributed by atoms with van der Waals surface area (Å²) in [7, 11) is -3.73. The second kappa shape index (κ2) is 9.61. The Labute approximate surface area is 170 Å². The van der Waals surface area contributed by atoms with Crippen LogP contribution >= 0.6 is 11.6 Å². The van der Waals surface area contributed by atoms with E-state index < -0.39 is 22.0 Å². The number of hydrogen-bond acceptors (Lipinski definition) is 4. The number of halogens is 1. The van der Waals surface area contributed by atoms with Gasteiger partial charge in [-0.15, -0.1) is 0 Å². The fourth-order valence-corrected chi connectivity index (χ4v) is 4.11. The molecule has 1 N–H and O–H groups in total. The normalized spacial score (nSPS) is 12.1. The van der Waals surface area contributed by atoms with E-state index in [4.69, 9.17) is 16.3 Å². The molecule has 0 unspecified atom stereocenters. The van der Waals surface area contributed by atoms with Crippen LogP contribution in [0.4, 0.5) is 11.4 Å². The topological polar surface area (TPSA) is 75.7 Å². The summed E-state index contributed by atoms with van der Waals surface area (Å²) in [6.07, 6.45) is 2.96. The van der Waals surface area contributed by atoms with E-state index in [-0.39, 0.29) is 6.42 Å². The lowest BCUT2D eigenvalue weighted by atomic mass is 10.1. The fraction of sp³-hybridized carbons (Fsp3) is 0.250. The van der Waals surface area contributed by atoms with Crippen molar-refractivity contribution in [3.05, 3.63) is 66.2 Å². The van der Waals surface area contributed by atoms with Crippen LogP contribution < -0.4 is 14.4 Å². The van der Waals surface area contributed by atoms with Crippen molar-refractivity contribution in [2.24, 2.45) is 0 Å². The number of carbonyl (C=O) groups is 1. The average Bonchev–Trinajstić information content (AvgIpc) is 2.63. The van der Waals surface area contributed by atoms with Crippen LogP contribution in [0.2, 0.25) is 5.02 Å². The van der Waals surface area contributed by atoms with Gasteiger partial charge in [0.1, 0.15) is 18.4 Å². The van der Waals surface area contributed by atoms with Gasteiger partial charge in [0.25, 0.3) is 0 Å². The fourth-order valence-electron chi connectivity index (χ4n) is 2.72. The first-order chi connectivity index (χ1) is 13.3. The number of sulfonamides is 1. The van der Waals surface area contributed by atoms with Crippen molar-refractivity contribution in [2.75, 3.05) is 22.5 Å². The quantitative estimate of drug-likeness (QED) is 0.617. The van der Waals surface area contributed by atoms with Gasteiger partial charge in [-0.25, -0.2) is 8.42 Å². The maximum absolute atomic E-state index is 12.9. The number of carbonyl (C=O) groups excluding carboxylic acids is 1. The van der Waals surface area contributed by atoms with Crippen molar-refractivity contribution < 1.29 is 17.9 Å². The molecule has 0 aromatic heterocycles. The molecule has 1 amide bonds. The Kier molecular flexibility index (Phi) is 7.48. The van der Waals surface area contributed by atoms with Crippen molar-refractivity contribution in [3.8, 4) is 5.75 Å². The molecule has 0 aliphatic carbocycles. The summed E-state index contributed by atoms with van der Waals surface area (Å²) in [5.74, 6) is 0.120. The van der Waals surface area contributed by atoms with Crippen LogP contribution in [-0.2, 0) is 14.8 Å². The van der Waals surface area contributed by atoms with Crippen LogP contribution in [0.15, 0.2) is 61.2 Å². The van der Waals surface area contributed by atoms with E-state index in [1.807, 2.05) is 0 Å². The molecule has 0 radical (unpaired) electrons. The first-order valence-corrected chi connectivity index (χ1v) is 10.9. The first kappa shape index (κ1) is 21.8. The number of rotatable bonds is 9. The molecule has 0 spiro atoms. The van der Waals surface area contributed by atoms with Gasteiger partial charge in [0.15, 0.2) is 0 Å². The third-order valence-corrected chi connectivity index (χ3v) is 5.28. The summed E-state index contributed by atoms with van der Waals surface area (Å²) < 4.78 is 31.4. The van der Waals surface area contributed by atoms with Crippen molar-refractivity contribution in [3.63, 3.8) is 0 Å². The monoisotopic (exact) mass is 422 g/mol. The van der Waals surface area contributed by atoms with Crippen LogP contribution in [0.1, 0.15) is 13.3 Å². The smallest absolute Gasteiger partial charge is 0.248 e. The van der Waals surface area contributed by atoms with Crippen LogP contribution in [0.5, 0.6) is 5.75 Å². The minimum absolute atomic E-state index is 0.276. The van der Waals surface area contributed by atoms with Crippen molar-refractivity contribution in [2.45, 2.75) is 19.4 Å². The Bertz CT molecular complexity index is 947. The van der Waals surface area contributed by atoms with E-state index in [9.17, 15) is 13.2 Å². The molecule has 0 saturated heterocycles. The van der Waals surface area contributed by atoms with Crippen molar-refractivity contribution in [1.29, 1.82) is 0 Å². The molecule has 8 heteroatoms. The SMILES string of the molecule is C=CCOc1cccc(NC(=O)[C@H](CC)N(c2cccc(Cl)c2)S(C)(=O)=O)c1. The molecule has 6 nitrogen and oxygen atoms in total. The summed E-state index contributed by atoms with van der Waals surface area (Å²) in [5.41, 5.74) is 0.838. The van der Waals surface area contributed by atoms with Gasteiger partial charge in [-0.2, -0.15) is 0 Å². The predicted molar refractivity (Wildman–Crippen MR) is 114 cm³/mol. The minimum atomic E-state index is -3.73. The summed E-state index contributed by atoms with van der Waals surface area (Å²) >= 11 is 6.01. The highest BCUT2D eigenvalue weighted by molar-refractivity contribution is 7.92. The highest BCUT2D eigenvalue weighted by Gasteiger charge is 2.31. The second-order valence-corrected chi connectivity index (χ2v) is 8.38. The lowest BCUT2D eigenvalue weighted by molar-refractivity contribution is -0.117. The van der Waals surface area contributed by atoms with Gasteiger partial charge in [0, 0.05) is 16.8 Å². The van der Waals surface area contributed by atoms with E-state index in [2.05, 4.69) is 11.9 Å². The summed E-state index contributed by atoms with van der Waals surface area (Å²) in [6, 6.07) is 12.3. The van der Waals surface area contributed by atoms with E-state index >= 15 is 0 Å². The third-order valence-electron chi connectivity index (χ3n) is 3.86. The number of amides is 1. The van der Waals surface area contributed by atoms with Crippen LogP contribution in [-0.4, -0.2) is 33.2 Å². The molecule has 0 bridgehead atoms. The zero-order valence-electron chi connectivity index (χ0n) is 15.8. The minimum Gasteiger partial charge on any atom is -0.489 e. The molecule has 28 heavy (non-hydrogen) atoms. The van der Waals surface area contributed by atoms with E-state index in [0.29, 0.717) is 28.8 Å². The first-order valence-electron chi connectivity index (χ1n) is 8.66. The van der Waals surface area contributed by atoms with Gasteiger partial charge in [-0.1, -0.05) is 43.3 Å². The van der Waals surface area contributed by atoms with E-state index in [1.54, 1.807) is 55.5 Å². The number of nitrogens with zero attached hydrogens (tertiary/aromatic N) is 1. The Morgan fingerprint density at radius 2 is 2.00 bits per heavy atom.